The van der Waals surface area contributed by atoms with Crippen LogP contribution in [-0.2, 0) is 4.79 Å². The van der Waals surface area contributed by atoms with E-state index in [1.807, 2.05) is 11.6 Å². The number of amides is 1. The zero-order chi connectivity index (χ0) is 12.9. The molecule has 3 nitrogen and oxygen atoms in total. The van der Waals surface area contributed by atoms with Crippen LogP contribution in [0.4, 0.5) is 13.2 Å². The summed E-state index contributed by atoms with van der Waals surface area (Å²) in [7, 11) is 0. The normalized spacial score (nSPS) is 18.6. The molecule has 0 atom stereocenters. The van der Waals surface area contributed by atoms with Crippen LogP contribution >= 0.6 is 11.8 Å². The van der Waals surface area contributed by atoms with Crippen LogP contribution in [0.25, 0.3) is 0 Å². The van der Waals surface area contributed by atoms with E-state index in [-0.39, 0.29) is 11.3 Å². The molecule has 1 aliphatic rings. The average Bonchev–Trinajstić information content (AvgIpc) is 2.18. The first kappa shape index (κ1) is 14.6. The minimum absolute atomic E-state index is 0.0572. The number of nitrogens with one attached hydrogen (secondary N) is 2. The highest BCUT2D eigenvalue weighted by Crippen LogP contribution is 2.41. The Hall–Kier alpha value is -0.430. The van der Waals surface area contributed by atoms with Crippen LogP contribution in [0.3, 0.4) is 0 Å². The summed E-state index contributed by atoms with van der Waals surface area (Å²) in [5.74, 6) is -0.613. The number of thioether (sulfide) groups is 1. The summed E-state index contributed by atoms with van der Waals surface area (Å²) in [6, 6.07) is 0. The second-order valence-electron chi connectivity index (χ2n) is 4.24. The molecule has 1 fully saturated rings. The molecule has 0 aromatic rings. The van der Waals surface area contributed by atoms with Gasteiger partial charge in [-0.15, -0.1) is 0 Å². The fourth-order valence-corrected chi connectivity index (χ4v) is 2.63. The number of hydrogen-bond acceptors (Lipinski definition) is 3. The van der Waals surface area contributed by atoms with Gasteiger partial charge < -0.3 is 10.6 Å². The van der Waals surface area contributed by atoms with E-state index in [1.54, 1.807) is 11.8 Å². The fraction of sp³-hybridized carbons (Fsp3) is 0.900. The first-order valence-corrected chi connectivity index (χ1v) is 6.69. The van der Waals surface area contributed by atoms with E-state index in [4.69, 9.17) is 0 Å². The second-order valence-corrected chi connectivity index (χ2v) is 5.51. The lowest BCUT2D eigenvalue weighted by Crippen LogP contribution is -2.46. The van der Waals surface area contributed by atoms with Crippen molar-refractivity contribution in [1.82, 2.24) is 10.6 Å². The highest BCUT2D eigenvalue weighted by molar-refractivity contribution is 8.00. The van der Waals surface area contributed by atoms with Gasteiger partial charge in [0.05, 0.1) is 6.54 Å². The molecule has 0 aromatic heterocycles. The Morgan fingerprint density at radius 1 is 1.41 bits per heavy atom. The number of halogens is 3. The molecule has 0 heterocycles. The number of carbonyl (C=O) groups is 1. The molecule has 2 N–H and O–H groups in total. The molecule has 1 aliphatic carbocycles. The van der Waals surface area contributed by atoms with Crippen LogP contribution in [0.1, 0.15) is 19.3 Å². The minimum atomic E-state index is -4.34. The zero-order valence-corrected chi connectivity index (χ0v) is 10.5. The molecule has 17 heavy (non-hydrogen) atoms. The van der Waals surface area contributed by atoms with E-state index in [0.29, 0.717) is 6.54 Å². The SMILES string of the molecule is CSC1(CNCC(=O)NCC(F)(F)F)CCC1. The van der Waals surface area contributed by atoms with Crippen molar-refractivity contribution in [3.8, 4) is 0 Å². The molecule has 0 aromatic carbocycles. The van der Waals surface area contributed by atoms with Crippen molar-refractivity contribution in [2.24, 2.45) is 0 Å². The monoisotopic (exact) mass is 270 g/mol. The molecule has 1 rings (SSSR count). The Kier molecular flexibility index (Phi) is 5.12. The Bertz CT molecular complexity index is 261. The van der Waals surface area contributed by atoms with E-state index in [1.165, 1.54) is 6.42 Å². The Morgan fingerprint density at radius 3 is 2.47 bits per heavy atom. The summed E-state index contributed by atoms with van der Waals surface area (Å²) in [6.07, 6.45) is 1.06. The molecule has 0 spiro atoms. The van der Waals surface area contributed by atoms with E-state index in [2.05, 4.69) is 5.32 Å². The molecule has 0 aliphatic heterocycles. The first-order chi connectivity index (χ1) is 7.87. The largest absolute Gasteiger partial charge is 0.405 e. The number of hydrogen-bond donors (Lipinski definition) is 2. The summed E-state index contributed by atoms with van der Waals surface area (Å²) >= 11 is 1.75. The molecular formula is C10H17F3N2OS. The molecule has 100 valence electrons. The summed E-state index contributed by atoms with van der Waals surface area (Å²) in [4.78, 5) is 11.1. The maximum atomic E-state index is 11.8. The highest BCUT2D eigenvalue weighted by atomic mass is 32.2. The molecular weight excluding hydrogens is 253 g/mol. The van der Waals surface area contributed by atoms with E-state index < -0.39 is 18.6 Å². The standard InChI is InChI=1S/C10H17F3N2OS/c1-17-9(3-2-4-9)6-14-5-8(16)15-7-10(11,12)13/h14H,2-7H2,1H3,(H,15,16). The van der Waals surface area contributed by atoms with Gasteiger partial charge in [0.15, 0.2) is 0 Å². The summed E-state index contributed by atoms with van der Waals surface area (Å²) in [5.41, 5.74) is 0. The van der Waals surface area contributed by atoms with Crippen LogP contribution in [0.15, 0.2) is 0 Å². The van der Waals surface area contributed by atoms with E-state index in [9.17, 15) is 18.0 Å². The second kappa shape index (κ2) is 5.95. The summed E-state index contributed by atoms with van der Waals surface area (Å²) < 4.78 is 35.6. The number of rotatable bonds is 6. The van der Waals surface area contributed by atoms with Gasteiger partial charge in [-0.1, -0.05) is 6.42 Å². The van der Waals surface area contributed by atoms with Gasteiger partial charge >= 0.3 is 6.18 Å². The molecule has 0 unspecified atom stereocenters. The third-order valence-electron chi connectivity index (χ3n) is 2.92. The van der Waals surface area contributed by atoms with Crippen molar-refractivity contribution in [2.45, 2.75) is 30.2 Å². The van der Waals surface area contributed by atoms with Crippen LogP contribution in [-0.4, -0.2) is 42.7 Å². The van der Waals surface area contributed by atoms with Crippen molar-refractivity contribution < 1.29 is 18.0 Å². The number of alkyl halides is 3. The highest BCUT2D eigenvalue weighted by Gasteiger charge is 2.35. The van der Waals surface area contributed by atoms with Crippen LogP contribution < -0.4 is 10.6 Å². The van der Waals surface area contributed by atoms with Crippen LogP contribution in [0, 0.1) is 0 Å². The third kappa shape index (κ3) is 5.16. The first-order valence-electron chi connectivity index (χ1n) is 5.46. The van der Waals surface area contributed by atoms with Crippen molar-refractivity contribution in [3.05, 3.63) is 0 Å². The van der Waals surface area contributed by atoms with Gasteiger partial charge in [-0.25, -0.2) is 0 Å². The number of carbonyl (C=O) groups excluding carboxylic acids is 1. The Morgan fingerprint density at radius 2 is 2.06 bits per heavy atom. The molecule has 0 saturated heterocycles. The average molecular weight is 270 g/mol. The summed E-state index contributed by atoms with van der Waals surface area (Å²) in [6.45, 7) is -0.646. The minimum Gasteiger partial charge on any atom is -0.346 e. The Labute approximate surface area is 103 Å². The summed E-state index contributed by atoms with van der Waals surface area (Å²) in [5, 5.41) is 4.74. The maximum absolute atomic E-state index is 11.8. The molecule has 1 saturated carbocycles. The Balaban J connectivity index is 2.12. The van der Waals surface area contributed by atoms with Crippen molar-refractivity contribution >= 4 is 17.7 Å². The molecule has 0 radical (unpaired) electrons. The van der Waals surface area contributed by atoms with Crippen molar-refractivity contribution in [2.75, 3.05) is 25.9 Å². The molecule has 1 amide bonds. The van der Waals surface area contributed by atoms with Gasteiger partial charge in [-0.05, 0) is 19.1 Å². The topological polar surface area (TPSA) is 41.1 Å². The van der Waals surface area contributed by atoms with E-state index >= 15 is 0 Å². The molecule has 7 heteroatoms. The van der Waals surface area contributed by atoms with Crippen molar-refractivity contribution in [3.63, 3.8) is 0 Å². The molecule has 0 bridgehead atoms. The lowest BCUT2D eigenvalue weighted by molar-refractivity contribution is -0.137. The zero-order valence-electron chi connectivity index (χ0n) is 9.69. The van der Waals surface area contributed by atoms with Gasteiger partial charge in [0.1, 0.15) is 6.54 Å². The van der Waals surface area contributed by atoms with E-state index in [0.717, 1.165) is 12.8 Å². The fourth-order valence-electron chi connectivity index (χ4n) is 1.69. The smallest absolute Gasteiger partial charge is 0.346 e. The maximum Gasteiger partial charge on any atom is 0.405 e. The van der Waals surface area contributed by atoms with Crippen molar-refractivity contribution in [1.29, 1.82) is 0 Å². The predicted molar refractivity (Wildman–Crippen MR) is 62.0 cm³/mol. The quantitative estimate of drug-likeness (QED) is 0.769. The lowest BCUT2D eigenvalue weighted by atomic mass is 9.84. The van der Waals surface area contributed by atoms with Gasteiger partial charge in [0, 0.05) is 11.3 Å². The van der Waals surface area contributed by atoms with Crippen LogP contribution in [0.2, 0.25) is 0 Å². The van der Waals surface area contributed by atoms with Crippen LogP contribution in [0.5, 0.6) is 0 Å². The van der Waals surface area contributed by atoms with Gasteiger partial charge in [0.2, 0.25) is 5.91 Å². The van der Waals surface area contributed by atoms with Gasteiger partial charge in [-0.3, -0.25) is 4.79 Å². The van der Waals surface area contributed by atoms with Gasteiger partial charge in [0.25, 0.3) is 0 Å². The third-order valence-corrected chi connectivity index (χ3v) is 4.34. The predicted octanol–water partition coefficient (Wildman–Crippen LogP) is 1.54. The van der Waals surface area contributed by atoms with Gasteiger partial charge in [-0.2, -0.15) is 24.9 Å². The lowest BCUT2D eigenvalue weighted by Gasteiger charge is -2.40.